The molecular weight excluding hydrogens is 376 g/mol. The minimum Gasteiger partial charge on any atom is -0.392 e. The summed E-state index contributed by atoms with van der Waals surface area (Å²) in [6.45, 7) is 11.9. The number of fused-ring (bicyclic) bond motifs is 3. The first-order valence-electron chi connectivity index (χ1n) is 11.4. The highest BCUT2D eigenvalue weighted by Crippen LogP contribution is 2.43. The van der Waals surface area contributed by atoms with Crippen LogP contribution in [0.25, 0.3) is 16.8 Å². The molecule has 0 amide bonds. The zero-order chi connectivity index (χ0) is 22.4. The smallest absolute Gasteiger partial charge is 0.0652 e. The molecule has 0 saturated heterocycles. The van der Waals surface area contributed by atoms with Gasteiger partial charge in [0.15, 0.2) is 0 Å². The number of hydrogen-bond donors (Lipinski definition) is 1. The highest BCUT2D eigenvalue weighted by Gasteiger charge is 2.25. The van der Waals surface area contributed by atoms with Gasteiger partial charge in [0.05, 0.1) is 5.70 Å². The first kappa shape index (κ1) is 22.7. The lowest BCUT2D eigenvalue weighted by molar-refractivity contribution is 0.626. The van der Waals surface area contributed by atoms with E-state index in [2.05, 4.69) is 118 Å². The van der Waals surface area contributed by atoms with E-state index in [4.69, 9.17) is 0 Å². The molecule has 0 unspecified atom stereocenters. The fourth-order valence-corrected chi connectivity index (χ4v) is 3.97. The van der Waals surface area contributed by atoms with Crippen molar-refractivity contribution in [2.75, 3.05) is 11.9 Å². The van der Waals surface area contributed by atoms with Gasteiger partial charge in [0, 0.05) is 36.6 Å². The Labute approximate surface area is 188 Å². The molecule has 162 valence electrons. The topological polar surface area (TPSA) is 15.3 Å². The molecule has 2 nitrogen and oxygen atoms in total. The average molecular weight is 413 g/mol. The largest absolute Gasteiger partial charge is 0.392 e. The Hall–Kier alpha value is -3.00. The summed E-state index contributed by atoms with van der Waals surface area (Å²) in [5.41, 5.74) is 10.4. The maximum Gasteiger partial charge on any atom is 0.0652 e. The number of para-hydroxylation sites is 1. The van der Waals surface area contributed by atoms with Crippen LogP contribution in [0.4, 0.5) is 5.69 Å². The number of nitrogens with one attached hydrogen (secondary N) is 1. The van der Waals surface area contributed by atoms with Crippen molar-refractivity contribution < 1.29 is 0 Å². The number of rotatable bonds is 4. The van der Waals surface area contributed by atoms with Gasteiger partial charge in [0.1, 0.15) is 0 Å². The summed E-state index contributed by atoms with van der Waals surface area (Å²) >= 11 is 0. The molecule has 1 N–H and O–H groups in total. The van der Waals surface area contributed by atoms with Gasteiger partial charge in [-0.25, -0.2) is 0 Å². The zero-order valence-corrected chi connectivity index (χ0v) is 19.9. The van der Waals surface area contributed by atoms with Crippen molar-refractivity contribution in [2.24, 2.45) is 5.92 Å². The van der Waals surface area contributed by atoms with Crippen molar-refractivity contribution in [3.8, 4) is 11.1 Å². The summed E-state index contributed by atoms with van der Waals surface area (Å²) in [6.07, 6.45) is 3.43. The first-order chi connectivity index (χ1) is 15.0. The predicted molar refractivity (Wildman–Crippen MR) is 136 cm³/mol. The van der Waals surface area contributed by atoms with Crippen molar-refractivity contribution in [3.05, 3.63) is 95.2 Å². The second-order valence-electron chi connectivity index (χ2n) is 8.65. The molecule has 0 spiro atoms. The molecule has 0 radical (unpaired) electrons. The lowest BCUT2D eigenvalue weighted by Gasteiger charge is -2.35. The van der Waals surface area contributed by atoms with Crippen LogP contribution in [0.3, 0.4) is 0 Å². The van der Waals surface area contributed by atoms with E-state index in [0.717, 1.165) is 12.5 Å². The number of nitrogens with zero attached hydrogens (tertiary/aromatic N) is 1. The highest BCUT2D eigenvalue weighted by molar-refractivity contribution is 5.92. The molecule has 0 aromatic heterocycles. The summed E-state index contributed by atoms with van der Waals surface area (Å²) in [6, 6.07) is 23.9. The molecule has 31 heavy (non-hydrogen) atoms. The molecule has 1 aliphatic rings. The molecule has 4 rings (SSSR count). The summed E-state index contributed by atoms with van der Waals surface area (Å²) in [4.78, 5) is 2.43. The molecule has 3 aromatic rings. The van der Waals surface area contributed by atoms with E-state index in [1.807, 2.05) is 7.05 Å². The highest BCUT2D eigenvalue weighted by atomic mass is 15.2. The summed E-state index contributed by atoms with van der Waals surface area (Å²) in [5, 5.41) is 3.27. The third-order valence-electron chi connectivity index (χ3n) is 5.96. The number of aryl methyl sites for hydroxylation is 2. The number of benzene rings is 3. The van der Waals surface area contributed by atoms with Gasteiger partial charge < -0.3 is 10.2 Å². The molecule has 3 aromatic carbocycles. The molecule has 0 saturated carbocycles. The van der Waals surface area contributed by atoms with Crippen LogP contribution < -0.4 is 10.2 Å². The van der Waals surface area contributed by atoms with Crippen molar-refractivity contribution >= 4 is 11.4 Å². The molecule has 2 heteroatoms. The SMILES string of the molecule is CCC(C)C.CN/C=C(/c1c(C)cccc1C)N1Cc2ccccc2-c2ccccc21. The maximum absolute atomic E-state index is 3.27. The van der Waals surface area contributed by atoms with Crippen LogP contribution in [-0.4, -0.2) is 7.05 Å². The van der Waals surface area contributed by atoms with Crippen LogP contribution in [0.2, 0.25) is 0 Å². The maximum atomic E-state index is 3.27. The van der Waals surface area contributed by atoms with Gasteiger partial charge >= 0.3 is 0 Å². The number of anilines is 1. The fraction of sp³-hybridized carbons (Fsp3) is 0.310. The Morgan fingerprint density at radius 2 is 1.48 bits per heavy atom. The van der Waals surface area contributed by atoms with Gasteiger partial charge in [-0.15, -0.1) is 0 Å². The van der Waals surface area contributed by atoms with Crippen LogP contribution in [0.5, 0.6) is 0 Å². The second kappa shape index (κ2) is 10.3. The van der Waals surface area contributed by atoms with E-state index in [9.17, 15) is 0 Å². The van der Waals surface area contributed by atoms with Crippen LogP contribution >= 0.6 is 0 Å². The molecule has 1 aliphatic heterocycles. The molecule has 0 bridgehead atoms. The van der Waals surface area contributed by atoms with Crippen LogP contribution in [0.15, 0.2) is 72.9 Å². The molecule has 1 heterocycles. The Morgan fingerprint density at radius 1 is 0.903 bits per heavy atom. The molecule has 0 atom stereocenters. The van der Waals surface area contributed by atoms with E-state index in [1.165, 1.54) is 51.2 Å². The van der Waals surface area contributed by atoms with E-state index in [1.54, 1.807) is 0 Å². The van der Waals surface area contributed by atoms with Crippen molar-refractivity contribution in [2.45, 2.75) is 47.6 Å². The molecule has 0 fully saturated rings. The molecular formula is C29H36N2. The Bertz CT molecular complexity index is 1030. The third-order valence-corrected chi connectivity index (χ3v) is 5.96. The summed E-state index contributed by atoms with van der Waals surface area (Å²) < 4.78 is 0. The second-order valence-corrected chi connectivity index (χ2v) is 8.65. The monoisotopic (exact) mass is 412 g/mol. The minimum absolute atomic E-state index is 0.870. The van der Waals surface area contributed by atoms with Gasteiger partial charge in [0.25, 0.3) is 0 Å². The third kappa shape index (κ3) is 5.02. The standard InChI is InChI=1S/C24H24N2.C5H12/c1-17-9-8-10-18(2)24(17)23(15-25-3)26-16-19-11-4-5-12-20(19)21-13-6-7-14-22(21)26;1-4-5(2)3/h4-15,25H,16H2,1-3H3;5H,4H2,1-3H3/b23-15-;. The van der Waals surface area contributed by atoms with E-state index >= 15 is 0 Å². The van der Waals surface area contributed by atoms with E-state index in [-0.39, 0.29) is 0 Å². The van der Waals surface area contributed by atoms with Crippen molar-refractivity contribution in [3.63, 3.8) is 0 Å². The Balaban J connectivity index is 0.000000491. The minimum atomic E-state index is 0.870. The first-order valence-corrected chi connectivity index (χ1v) is 11.4. The lowest BCUT2D eigenvalue weighted by atomic mass is 9.91. The Morgan fingerprint density at radius 3 is 2.10 bits per heavy atom. The van der Waals surface area contributed by atoms with E-state index in [0.29, 0.717) is 0 Å². The number of hydrogen-bond acceptors (Lipinski definition) is 2. The van der Waals surface area contributed by atoms with Gasteiger partial charge in [-0.2, -0.15) is 0 Å². The molecule has 0 aliphatic carbocycles. The van der Waals surface area contributed by atoms with Crippen molar-refractivity contribution in [1.29, 1.82) is 0 Å². The Kier molecular flexibility index (Phi) is 7.57. The van der Waals surface area contributed by atoms with Gasteiger partial charge in [0.2, 0.25) is 0 Å². The fourth-order valence-electron chi connectivity index (χ4n) is 3.97. The summed E-state index contributed by atoms with van der Waals surface area (Å²) in [5.74, 6) is 0.884. The zero-order valence-electron chi connectivity index (χ0n) is 19.9. The average Bonchev–Trinajstić information content (AvgIpc) is 2.78. The van der Waals surface area contributed by atoms with Crippen LogP contribution in [0.1, 0.15) is 49.4 Å². The normalized spacial score (nSPS) is 12.6. The summed E-state index contributed by atoms with van der Waals surface area (Å²) in [7, 11) is 1.97. The van der Waals surface area contributed by atoms with Crippen LogP contribution in [-0.2, 0) is 6.54 Å². The van der Waals surface area contributed by atoms with Crippen LogP contribution in [0, 0.1) is 19.8 Å². The van der Waals surface area contributed by atoms with Gasteiger partial charge in [-0.3, -0.25) is 0 Å². The predicted octanol–water partition coefficient (Wildman–Crippen LogP) is 7.56. The van der Waals surface area contributed by atoms with E-state index < -0.39 is 0 Å². The van der Waals surface area contributed by atoms with Gasteiger partial charge in [-0.05, 0) is 48.1 Å². The van der Waals surface area contributed by atoms with Gasteiger partial charge in [-0.1, -0.05) is 87.9 Å². The quantitative estimate of drug-likeness (QED) is 0.475. The lowest BCUT2D eigenvalue weighted by Crippen LogP contribution is -2.27. The van der Waals surface area contributed by atoms with Crippen molar-refractivity contribution in [1.82, 2.24) is 5.32 Å².